The molecule has 12 nitrogen and oxygen atoms in total. The summed E-state index contributed by atoms with van der Waals surface area (Å²) in [5.41, 5.74) is -0.138. The van der Waals surface area contributed by atoms with Crippen molar-refractivity contribution in [1.29, 1.82) is 5.26 Å². The Kier molecular flexibility index (Phi) is 7.08. The molecule has 164 valence electrons. The highest BCUT2D eigenvalue weighted by Crippen LogP contribution is 2.37. The molecule has 0 radical (unpaired) electrons. The van der Waals surface area contributed by atoms with Gasteiger partial charge in [-0.3, -0.25) is 10.1 Å². The molecule has 0 fully saturated rings. The Morgan fingerprint density at radius 2 is 2.10 bits per heavy atom. The Morgan fingerprint density at radius 1 is 1.42 bits per heavy atom. The fourth-order valence-corrected chi connectivity index (χ4v) is 3.02. The highest BCUT2D eigenvalue weighted by Gasteiger charge is 2.32. The summed E-state index contributed by atoms with van der Waals surface area (Å²) < 4.78 is 29.6. The van der Waals surface area contributed by atoms with Crippen LogP contribution in [0.1, 0.15) is 30.9 Å². The van der Waals surface area contributed by atoms with Gasteiger partial charge in [-0.2, -0.15) is 15.2 Å². The van der Waals surface area contributed by atoms with Gasteiger partial charge in [-0.1, -0.05) is 19.4 Å². The standard InChI is InChI=1S/C18H19N5O7S/c1-4-5-12(17(24)25)20-15-14(23(26)27)16(22-18(21-15)31(3,28)29)30-13-8-11(9-19)7-6-10(13)2/h6-8,12H,4-5H2,1-3H3,(H,24,25)(H,20,21,22). The number of carboxylic acid groups (broad SMARTS) is 1. The molecule has 0 aliphatic heterocycles. The third-order valence-corrected chi connectivity index (χ3v) is 4.90. The van der Waals surface area contributed by atoms with E-state index in [9.17, 15) is 28.4 Å². The lowest BCUT2D eigenvalue weighted by Gasteiger charge is -2.16. The van der Waals surface area contributed by atoms with Crippen LogP contribution in [-0.4, -0.2) is 46.7 Å². The molecule has 2 rings (SSSR count). The van der Waals surface area contributed by atoms with Crippen molar-refractivity contribution in [3.8, 4) is 17.7 Å². The molecule has 1 aromatic heterocycles. The minimum atomic E-state index is -4.04. The summed E-state index contributed by atoms with van der Waals surface area (Å²) in [5.74, 6) is -2.57. The van der Waals surface area contributed by atoms with E-state index < -0.39 is 49.3 Å². The number of nitrogens with zero attached hydrogens (tertiary/aromatic N) is 4. The van der Waals surface area contributed by atoms with E-state index in [0.717, 1.165) is 6.26 Å². The Bertz CT molecular complexity index is 1170. The Balaban J connectivity index is 2.73. The maximum atomic E-state index is 12.0. The van der Waals surface area contributed by atoms with Crippen molar-refractivity contribution in [2.24, 2.45) is 0 Å². The van der Waals surface area contributed by atoms with Crippen LogP contribution in [0.5, 0.6) is 11.6 Å². The SMILES string of the molecule is CCCC(Nc1nc(S(C)(=O)=O)nc(Oc2cc(C#N)ccc2C)c1[N+](=O)[O-])C(=O)O. The zero-order chi connectivity index (χ0) is 23.3. The van der Waals surface area contributed by atoms with Gasteiger partial charge in [0.2, 0.25) is 15.7 Å². The van der Waals surface area contributed by atoms with Crippen molar-refractivity contribution in [2.75, 3.05) is 11.6 Å². The molecule has 2 N–H and O–H groups in total. The van der Waals surface area contributed by atoms with Gasteiger partial charge in [0.05, 0.1) is 16.6 Å². The van der Waals surface area contributed by atoms with Crippen LogP contribution in [0.25, 0.3) is 0 Å². The van der Waals surface area contributed by atoms with Crippen molar-refractivity contribution in [3.05, 3.63) is 39.4 Å². The number of aromatic nitrogens is 2. The van der Waals surface area contributed by atoms with Crippen LogP contribution in [-0.2, 0) is 14.6 Å². The van der Waals surface area contributed by atoms with Gasteiger partial charge in [0.25, 0.3) is 5.16 Å². The van der Waals surface area contributed by atoms with Crippen LogP contribution >= 0.6 is 0 Å². The van der Waals surface area contributed by atoms with Gasteiger partial charge in [-0.05, 0) is 31.0 Å². The molecule has 0 aliphatic rings. The summed E-state index contributed by atoms with van der Waals surface area (Å²) in [6.07, 6.45) is 1.33. The first-order chi connectivity index (χ1) is 14.5. The van der Waals surface area contributed by atoms with E-state index in [4.69, 9.17) is 10.00 Å². The molecule has 0 bridgehead atoms. The van der Waals surface area contributed by atoms with Crippen molar-refractivity contribution >= 4 is 27.3 Å². The van der Waals surface area contributed by atoms with Crippen molar-refractivity contribution < 1.29 is 28.0 Å². The first-order valence-electron chi connectivity index (χ1n) is 8.92. The van der Waals surface area contributed by atoms with Crippen LogP contribution < -0.4 is 10.1 Å². The number of aryl methyl sites for hydroxylation is 1. The molecule has 0 saturated heterocycles. The zero-order valence-corrected chi connectivity index (χ0v) is 17.6. The second-order valence-corrected chi connectivity index (χ2v) is 8.47. The molecule has 31 heavy (non-hydrogen) atoms. The highest BCUT2D eigenvalue weighted by molar-refractivity contribution is 7.90. The average molecular weight is 449 g/mol. The van der Waals surface area contributed by atoms with Gasteiger partial charge in [0, 0.05) is 6.26 Å². The number of hydrogen-bond acceptors (Lipinski definition) is 10. The number of carbonyl (C=O) groups is 1. The molecule has 1 unspecified atom stereocenters. The van der Waals surface area contributed by atoms with Gasteiger partial charge in [0.1, 0.15) is 11.8 Å². The van der Waals surface area contributed by atoms with Crippen LogP contribution in [0.4, 0.5) is 11.5 Å². The number of rotatable bonds is 9. The third-order valence-electron chi connectivity index (χ3n) is 4.06. The Labute approximate surface area is 177 Å². The smallest absolute Gasteiger partial charge is 0.373 e. The molecule has 0 spiro atoms. The first-order valence-corrected chi connectivity index (χ1v) is 10.8. The minimum absolute atomic E-state index is 0.0367. The number of benzene rings is 1. The number of nitrogens with one attached hydrogen (secondary N) is 1. The van der Waals surface area contributed by atoms with Crippen molar-refractivity contribution in [3.63, 3.8) is 0 Å². The van der Waals surface area contributed by atoms with Crippen LogP contribution in [0.2, 0.25) is 0 Å². The Morgan fingerprint density at radius 3 is 2.61 bits per heavy atom. The molecular formula is C18H19N5O7S. The second kappa shape index (κ2) is 9.35. The maximum absolute atomic E-state index is 12.0. The molecule has 0 amide bonds. The van der Waals surface area contributed by atoms with Crippen LogP contribution in [0, 0.1) is 28.4 Å². The number of nitriles is 1. The molecular weight excluding hydrogens is 430 g/mol. The van der Waals surface area contributed by atoms with Gasteiger partial charge < -0.3 is 15.2 Å². The van der Waals surface area contributed by atoms with E-state index in [1.165, 1.54) is 12.1 Å². The van der Waals surface area contributed by atoms with Gasteiger partial charge >= 0.3 is 17.5 Å². The van der Waals surface area contributed by atoms with E-state index in [2.05, 4.69) is 15.3 Å². The van der Waals surface area contributed by atoms with Crippen molar-refractivity contribution in [1.82, 2.24) is 9.97 Å². The van der Waals surface area contributed by atoms with Gasteiger partial charge in [-0.15, -0.1) is 0 Å². The number of anilines is 1. The summed E-state index contributed by atoms with van der Waals surface area (Å²) in [6.45, 7) is 3.33. The third kappa shape index (κ3) is 5.64. The van der Waals surface area contributed by atoms with Gasteiger partial charge in [0.15, 0.2) is 0 Å². The summed E-state index contributed by atoms with van der Waals surface area (Å²) in [4.78, 5) is 29.7. The summed E-state index contributed by atoms with van der Waals surface area (Å²) in [7, 11) is -4.04. The first kappa shape index (κ1) is 23.5. The maximum Gasteiger partial charge on any atom is 0.373 e. The van der Waals surface area contributed by atoms with E-state index in [-0.39, 0.29) is 17.7 Å². The van der Waals surface area contributed by atoms with Gasteiger partial charge in [-0.25, -0.2) is 13.2 Å². The zero-order valence-electron chi connectivity index (χ0n) is 16.8. The lowest BCUT2D eigenvalue weighted by atomic mass is 10.1. The van der Waals surface area contributed by atoms with E-state index in [0.29, 0.717) is 12.0 Å². The predicted molar refractivity (Wildman–Crippen MR) is 108 cm³/mol. The Hall–Kier alpha value is -3.79. The molecule has 0 saturated carbocycles. The normalized spacial score (nSPS) is 11.9. The number of sulfone groups is 1. The lowest BCUT2D eigenvalue weighted by molar-refractivity contribution is -0.385. The molecule has 1 atom stereocenters. The summed E-state index contributed by atoms with van der Waals surface area (Å²) in [5, 5.41) is 31.8. The molecule has 1 heterocycles. The number of carboxylic acids is 1. The van der Waals surface area contributed by atoms with E-state index in [1.807, 2.05) is 6.07 Å². The summed E-state index contributed by atoms with van der Waals surface area (Å²) in [6, 6.07) is 5.00. The molecule has 0 aliphatic carbocycles. The number of hydrogen-bond donors (Lipinski definition) is 2. The van der Waals surface area contributed by atoms with E-state index in [1.54, 1.807) is 19.9 Å². The van der Waals surface area contributed by atoms with Crippen LogP contribution in [0.15, 0.2) is 23.4 Å². The molecule has 13 heteroatoms. The summed E-state index contributed by atoms with van der Waals surface area (Å²) >= 11 is 0. The largest absolute Gasteiger partial charge is 0.480 e. The minimum Gasteiger partial charge on any atom is -0.480 e. The quantitative estimate of drug-likeness (QED) is 0.325. The molecule has 2 aromatic rings. The number of aliphatic carboxylic acids is 1. The predicted octanol–water partition coefficient (Wildman–Crippen LogP) is 2.43. The highest BCUT2D eigenvalue weighted by atomic mass is 32.2. The average Bonchev–Trinajstić information content (AvgIpc) is 2.68. The second-order valence-electron chi connectivity index (χ2n) is 6.56. The lowest BCUT2D eigenvalue weighted by Crippen LogP contribution is -2.30. The number of nitro groups is 1. The fraction of sp³-hybridized carbons (Fsp3) is 0.333. The number of ether oxygens (including phenoxy) is 1. The van der Waals surface area contributed by atoms with E-state index >= 15 is 0 Å². The fourth-order valence-electron chi connectivity index (χ4n) is 2.51. The monoisotopic (exact) mass is 449 g/mol. The topological polar surface area (TPSA) is 185 Å². The van der Waals surface area contributed by atoms with Crippen LogP contribution in [0.3, 0.4) is 0 Å². The van der Waals surface area contributed by atoms with Crippen molar-refractivity contribution in [2.45, 2.75) is 37.9 Å². The molecule has 1 aromatic carbocycles.